The molecule has 0 atom stereocenters. The molecule has 1 aliphatic rings. The first kappa shape index (κ1) is 21.9. The number of carbonyl (C=O) groups excluding carboxylic acids is 1. The zero-order chi connectivity index (χ0) is 22.4. The Bertz CT molecular complexity index is 1230. The van der Waals surface area contributed by atoms with Gasteiger partial charge in [0, 0.05) is 31.6 Å². The molecule has 1 saturated heterocycles. The third-order valence-corrected chi connectivity index (χ3v) is 8.98. The van der Waals surface area contributed by atoms with E-state index in [2.05, 4.69) is 25.8 Å². The minimum atomic E-state index is -3.61. The number of thiazole rings is 1. The lowest BCUT2D eigenvalue weighted by atomic mass is 9.98. The summed E-state index contributed by atoms with van der Waals surface area (Å²) >= 11 is 1.44. The number of aromatic nitrogens is 1. The monoisotopic (exact) mass is 457 g/mol. The highest BCUT2D eigenvalue weighted by molar-refractivity contribution is 7.89. The van der Waals surface area contributed by atoms with E-state index in [4.69, 9.17) is 0 Å². The van der Waals surface area contributed by atoms with E-state index in [9.17, 15) is 13.2 Å². The molecule has 1 amide bonds. The van der Waals surface area contributed by atoms with Gasteiger partial charge in [-0.15, -0.1) is 11.3 Å². The largest absolute Gasteiger partial charge is 0.335 e. The topological polar surface area (TPSA) is 70.6 Å². The second kappa shape index (κ2) is 8.00. The van der Waals surface area contributed by atoms with Crippen molar-refractivity contribution in [2.45, 2.75) is 38.0 Å². The number of nitrogens with zero attached hydrogens (tertiary/aromatic N) is 3. The fourth-order valence-electron chi connectivity index (χ4n) is 3.67. The summed E-state index contributed by atoms with van der Waals surface area (Å²) in [5.41, 5.74) is 0.631. The van der Waals surface area contributed by atoms with Gasteiger partial charge in [-0.3, -0.25) is 4.79 Å². The molecule has 3 aromatic rings. The smallest absolute Gasteiger partial charge is 0.265 e. The van der Waals surface area contributed by atoms with E-state index >= 15 is 0 Å². The summed E-state index contributed by atoms with van der Waals surface area (Å²) in [5.74, 6) is -0.0618. The Morgan fingerprint density at radius 3 is 2.26 bits per heavy atom. The van der Waals surface area contributed by atoms with Crippen LogP contribution in [0.1, 0.15) is 41.1 Å². The van der Waals surface area contributed by atoms with E-state index in [1.807, 2.05) is 37.3 Å². The Hall–Kier alpha value is -2.29. The first-order chi connectivity index (χ1) is 14.6. The van der Waals surface area contributed by atoms with Gasteiger partial charge in [-0.25, -0.2) is 13.4 Å². The van der Waals surface area contributed by atoms with Crippen LogP contribution in [0.3, 0.4) is 0 Å². The summed E-state index contributed by atoms with van der Waals surface area (Å²) in [4.78, 5) is 20.3. The van der Waals surface area contributed by atoms with Crippen molar-refractivity contribution in [2.75, 3.05) is 26.2 Å². The third-order valence-electron chi connectivity index (χ3n) is 5.52. The molecule has 1 aliphatic heterocycles. The average molecular weight is 458 g/mol. The summed E-state index contributed by atoms with van der Waals surface area (Å²) in [6, 6.07) is 12.9. The highest BCUT2D eigenvalue weighted by atomic mass is 32.2. The lowest BCUT2D eigenvalue weighted by Gasteiger charge is -2.33. The van der Waals surface area contributed by atoms with Gasteiger partial charge in [0.2, 0.25) is 10.0 Å². The normalized spacial score (nSPS) is 16.1. The Labute approximate surface area is 187 Å². The van der Waals surface area contributed by atoms with Gasteiger partial charge in [0.1, 0.15) is 4.88 Å². The fourth-order valence-corrected chi connectivity index (χ4v) is 6.22. The van der Waals surface area contributed by atoms with Crippen molar-refractivity contribution >= 4 is 38.0 Å². The molecule has 0 unspecified atom stereocenters. The zero-order valence-corrected chi connectivity index (χ0v) is 19.9. The third kappa shape index (κ3) is 4.24. The van der Waals surface area contributed by atoms with Gasteiger partial charge in [0.05, 0.1) is 15.6 Å². The second-order valence-corrected chi connectivity index (χ2v) is 11.8. The molecule has 2 aromatic carbocycles. The van der Waals surface area contributed by atoms with Gasteiger partial charge >= 0.3 is 0 Å². The summed E-state index contributed by atoms with van der Waals surface area (Å²) < 4.78 is 27.8. The number of piperazine rings is 1. The number of amides is 1. The minimum absolute atomic E-state index is 0.0618. The highest BCUT2D eigenvalue weighted by Crippen LogP contribution is 2.30. The molecule has 0 bridgehead atoms. The number of aryl methyl sites for hydroxylation is 1. The van der Waals surface area contributed by atoms with Crippen molar-refractivity contribution in [3.05, 3.63) is 58.0 Å². The zero-order valence-electron chi connectivity index (χ0n) is 18.3. The van der Waals surface area contributed by atoms with Crippen molar-refractivity contribution in [2.24, 2.45) is 0 Å². The second-order valence-electron chi connectivity index (χ2n) is 8.89. The summed E-state index contributed by atoms with van der Waals surface area (Å²) in [7, 11) is -3.61. The van der Waals surface area contributed by atoms with Gasteiger partial charge in [-0.2, -0.15) is 4.31 Å². The molecular formula is C23H27N3O3S2. The van der Waals surface area contributed by atoms with Gasteiger partial charge < -0.3 is 4.90 Å². The predicted molar refractivity (Wildman–Crippen MR) is 124 cm³/mol. The Balaban J connectivity index is 1.49. The molecule has 2 heterocycles. The molecule has 0 spiro atoms. The van der Waals surface area contributed by atoms with E-state index in [-0.39, 0.29) is 24.4 Å². The van der Waals surface area contributed by atoms with Crippen LogP contribution in [0.5, 0.6) is 0 Å². The molecule has 1 fully saturated rings. The summed E-state index contributed by atoms with van der Waals surface area (Å²) in [6.45, 7) is 9.40. The number of fused-ring (bicyclic) bond motifs is 1. The van der Waals surface area contributed by atoms with Crippen LogP contribution in [0, 0.1) is 6.92 Å². The molecule has 8 heteroatoms. The quantitative estimate of drug-likeness (QED) is 0.595. The summed E-state index contributed by atoms with van der Waals surface area (Å²) in [5, 5.41) is 2.84. The maximum Gasteiger partial charge on any atom is 0.265 e. The Morgan fingerprint density at radius 2 is 1.65 bits per heavy atom. The molecule has 0 radical (unpaired) electrons. The molecule has 0 saturated carbocycles. The molecule has 31 heavy (non-hydrogen) atoms. The van der Waals surface area contributed by atoms with Crippen LogP contribution in [-0.4, -0.2) is 54.7 Å². The van der Waals surface area contributed by atoms with E-state index in [1.54, 1.807) is 17.0 Å². The number of sulfonamides is 1. The van der Waals surface area contributed by atoms with Crippen molar-refractivity contribution in [1.82, 2.24) is 14.2 Å². The van der Waals surface area contributed by atoms with E-state index in [0.29, 0.717) is 22.9 Å². The Kier molecular flexibility index (Phi) is 5.66. The maximum atomic E-state index is 13.2. The minimum Gasteiger partial charge on any atom is -0.335 e. The van der Waals surface area contributed by atoms with E-state index < -0.39 is 10.0 Å². The number of rotatable bonds is 3. The average Bonchev–Trinajstić information content (AvgIpc) is 3.15. The van der Waals surface area contributed by atoms with Crippen molar-refractivity contribution in [3.8, 4) is 0 Å². The van der Waals surface area contributed by atoms with Crippen molar-refractivity contribution in [1.29, 1.82) is 0 Å². The number of hydrogen-bond donors (Lipinski definition) is 0. The van der Waals surface area contributed by atoms with Gasteiger partial charge in [0.25, 0.3) is 5.91 Å². The van der Waals surface area contributed by atoms with E-state index in [0.717, 1.165) is 21.5 Å². The SMILES string of the molecule is Cc1nc(C(C)(C)C)sc1C(=O)N1CCN(S(=O)(=O)c2ccc3ccccc3c2)CC1. The lowest BCUT2D eigenvalue weighted by Crippen LogP contribution is -2.50. The first-order valence-electron chi connectivity index (χ1n) is 10.3. The standard InChI is InChI=1S/C23H27N3O3S2/c1-16-20(30-22(24-16)23(2,3)4)21(27)25-11-13-26(14-12-25)31(28,29)19-10-9-17-7-5-6-8-18(17)15-19/h5-10,15H,11-14H2,1-4H3. The predicted octanol–water partition coefficient (Wildman–Crippen LogP) is 4.05. The molecule has 0 aliphatic carbocycles. The van der Waals surface area contributed by atoms with Gasteiger partial charge in [0.15, 0.2) is 0 Å². The maximum absolute atomic E-state index is 13.2. The molecule has 0 N–H and O–H groups in total. The molecular weight excluding hydrogens is 430 g/mol. The lowest BCUT2D eigenvalue weighted by molar-refractivity contribution is 0.0702. The number of benzene rings is 2. The van der Waals surface area contributed by atoms with Gasteiger partial charge in [-0.05, 0) is 29.8 Å². The van der Waals surface area contributed by atoms with Gasteiger partial charge in [-0.1, -0.05) is 51.1 Å². The van der Waals surface area contributed by atoms with Crippen LogP contribution in [0.4, 0.5) is 0 Å². The molecule has 1 aromatic heterocycles. The molecule has 164 valence electrons. The summed E-state index contributed by atoms with van der Waals surface area (Å²) in [6.07, 6.45) is 0. The molecule has 4 rings (SSSR count). The molecule has 6 nitrogen and oxygen atoms in total. The van der Waals surface area contributed by atoms with Crippen LogP contribution >= 0.6 is 11.3 Å². The van der Waals surface area contributed by atoms with E-state index in [1.165, 1.54) is 15.6 Å². The van der Waals surface area contributed by atoms with Crippen LogP contribution in [-0.2, 0) is 15.4 Å². The van der Waals surface area contributed by atoms with Crippen molar-refractivity contribution in [3.63, 3.8) is 0 Å². The first-order valence-corrected chi connectivity index (χ1v) is 12.6. The van der Waals surface area contributed by atoms with Crippen LogP contribution in [0.15, 0.2) is 47.4 Å². The number of carbonyl (C=O) groups is 1. The van der Waals surface area contributed by atoms with Crippen molar-refractivity contribution < 1.29 is 13.2 Å². The number of hydrogen-bond acceptors (Lipinski definition) is 5. The van der Waals surface area contributed by atoms with Crippen LogP contribution < -0.4 is 0 Å². The highest BCUT2D eigenvalue weighted by Gasteiger charge is 2.32. The van der Waals surface area contributed by atoms with Crippen LogP contribution in [0.25, 0.3) is 10.8 Å². The fraction of sp³-hybridized carbons (Fsp3) is 0.391. The van der Waals surface area contributed by atoms with Crippen LogP contribution in [0.2, 0.25) is 0 Å². The Morgan fingerprint density at radius 1 is 1.00 bits per heavy atom.